The van der Waals surface area contributed by atoms with Gasteiger partial charge in [0, 0.05) is 36.6 Å². The van der Waals surface area contributed by atoms with Crippen molar-refractivity contribution < 1.29 is 29.5 Å². The molecule has 1 aromatic heterocycles. The van der Waals surface area contributed by atoms with E-state index in [0.717, 1.165) is 5.56 Å². The van der Waals surface area contributed by atoms with Crippen LogP contribution >= 0.6 is 0 Å². The molecule has 0 unspecified atom stereocenters. The summed E-state index contributed by atoms with van der Waals surface area (Å²) in [4.78, 5) is 25.0. The number of non-ortho nitro benzene ring substituents is 1. The number of nitrogens with zero attached hydrogens (tertiary/aromatic N) is 3. The number of nitro benzene ring substituents is 1. The molecule has 1 aliphatic rings. The van der Waals surface area contributed by atoms with Crippen molar-refractivity contribution in [2.24, 2.45) is 0 Å². The van der Waals surface area contributed by atoms with Crippen LogP contribution in [0.3, 0.4) is 0 Å². The van der Waals surface area contributed by atoms with Gasteiger partial charge in [0.05, 0.1) is 35.3 Å². The molecule has 0 spiro atoms. The Bertz CT molecular complexity index is 937. The van der Waals surface area contributed by atoms with E-state index in [-0.39, 0.29) is 36.0 Å². The van der Waals surface area contributed by atoms with Crippen LogP contribution in [0.25, 0.3) is 0 Å². The van der Waals surface area contributed by atoms with Crippen molar-refractivity contribution >= 4 is 17.2 Å². The van der Waals surface area contributed by atoms with Crippen LogP contribution < -0.4 is 10.5 Å². The topological polar surface area (TPSA) is 184 Å². The van der Waals surface area contributed by atoms with Crippen molar-refractivity contribution in [2.45, 2.75) is 31.2 Å². The first-order chi connectivity index (χ1) is 14.3. The SMILES string of the molecule is Nc1nc(OCCc2ccc([N+](=O)[O-])cc2)c([N+](=O)[O-])cc1[C@H]1C[C@H](O)[C@@H](CO)O1. The summed E-state index contributed by atoms with van der Waals surface area (Å²) in [5, 5.41) is 41.2. The van der Waals surface area contributed by atoms with Crippen LogP contribution in [-0.4, -0.2) is 50.5 Å². The van der Waals surface area contributed by atoms with E-state index < -0.39 is 40.5 Å². The average molecular weight is 420 g/mol. The predicted molar refractivity (Wildman–Crippen MR) is 103 cm³/mol. The molecule has 1 aliphatic heterocycles. The number of hydrogen-bond acceptors (Lipinski definition) is 10. The number of hydrogen-bond donors (Lipinski definition) is 3. The number of nitrogen functional groups attached to an aromatic ring is 1. The minimum Gasteiger partial charge on any atom is -0.472 e. The summed E-state index contributed by atoms with van der Waals surface area (Å²) in [6.45, 7) is -0.355. The Morgan fingerprint density at radius 1 is 1.23 bits per heavy atom. The van der Waals surface area contributed by atoms with Crippen LogP contribution in [-0.2, 0) is 11.2 Å². The minimum absolute atomic E-state index is 0.0374. The van der Waals surface area contributed by atoms with Crippen LogP contribution in [0.4, 0.5) is 17.2 Å². The third-order valence-electron chi connectivity index (χ3n) is 4.75. The van der Waals surface area contributed by atoms with Crippen molar-refractivity contribution in [3.05, 3.63) is 61.7 Å². The number of aliphatic hydroxyl groups is 2. The number of ether oxygens (including phenoxy) is 2. The van der Waals surface area contributed by atoms with Gasteiger partial charge in [0.2, 0.25) is 0 Å². The van der Waals surface area contributed by atoms with Crippen LogP contribution in [0.2, 0.25) is 0 Å². The van der Waals surface area contributed by atoms with Gasteiger partial charge in [0.25, 0.3) is 11.6 Å². The van der Waals surface area contributed by atoms with Gasteiger partial charge in [-0.25, -0.2) is 0 Å². The van der Waals surface area contributed by atoms with Gasteiger partial charge in [-0.05, 0) is 5.56 Å². The van der Waals surface area contributed by atoms with E-state index in [4.69, 9.17) is 15.2 Å². The molecule has 0 amide bonds. The van der Waals surface area contributed by atoms with E-state index in [9.17, 15) is 30.4 Å². The van der Waals surface area contributed by atoms with Gasteiger partial charge in [0.1, 0.15) is 11.9 Å². The molecule has 2 aromatic rings. The van der Waals surface area contributed by atoms with E-state index in [1.54, 1.807) is 12.1 Å². The summed E-state index contributed by atoms with van der Waals surface area (Å²) in [6.07, 6.45) is -2.00. The predicted octanol–water partition coefficient (Wildman–Crippen LogP) is 1.28. The largest absolute Gasteiger partial charge is 0.472 e. The first-order valence-corrected chi connectivity index (χ1v) is 9.05. The quantitative estimate of drug-likeness (QED) is 0.415. The third-order valence-corrected chi connectivity index (χ3v) is 4.75. The van der Waals surface area contributed by atoms with Gasteiger partial charge in [0.15, 0.2) is 0 Å². The Morgan fingerprint density at radius 2 is 1.93 bits per heavy atom. The second kappa shape index (κ2) is 8.98. The fourth-order valence-corrected chi connectivity index (χ4v) is 3.15. The lowest BCUT2D eigenvalue weighted by Crippen LogP contribution is -2.24. The summed E-state index contributed by atoms with van der Waals surface area (Å²) in [5.41, 5.74) is 6.46. The van der Waals surface area contributed by atoms with Crippen LogP contribution in [0.5, 0.6) is 5.88 Å². The molecule has 1 fully saturated rings. The number of rotatable bonds is 8. The second-order valence-corrected chi connectivity index (χ2v) is 6.72. The zero-order valence-corrected chi connectivity index (χ0v) is 15.7. The molecule has 4 N–H and O–H groups in total. The lowest BCUT2D eigenvalue weighted by atomic mass is 10.0. The molecule has 0 bridgehead atoms. The lowest BCUT2D eigenvalue weighted by molar-refractivity contribution is -0.386. The van der Waals surface area contributed by atoms with E-state index >= 15 is 0 Å². The number of aliphatic hydroxyl groups excluding tert-OH is 2. The van der Waals surface area contributed by atoms with E-state index in [2.05, 4.69) is 4.98 Å². The van der Waals surface area contributed by atoms with Gasteiger partial charge in [-0.1, -0.05) is 12.1 Å². The van der Waals surface area contributed by atoms with Gasteiger partial charge in [-0.15, -0.1) is 0 Å². The maximum atomic E-state index is 11.5. The van der Waals surface area contributed by atoms with Crippen molar-refractivity contribution in [2.75, 3.05) is 18.9 Å². The fraction of sp³-hybridized carbons (Fsp3) is 0.389. The molecule has 3 atom stereocenters. The van der Waals surface area contributed by atoms with Crippen LogP contribution in [0.1, 0.15) is 23.7 Å². The van der Waals surface area contributed by atoms with Crippen molar-refractivity contribution in [3.8, 4) is 5.88 Å². The number of nitro groups is 2. The summed E-state index contributed by atoms with van der Waals surface area (Å²) in [5.74, 6) is -0.304. The van der Waals surface area contributed by atoms with Gasteiger partial charge >= 0.3 is 5.69 Å². The zero-order chi connectivity index (χ0) is 21.8. The average Bonchev–Trinajstić information content (AvgIpc) is 3.08. The molecular formula is C18H20N4O8. The normalized spacial score (nSPS) is 20.8. The summed E-state index contributed by atoms with van der Waals surface area (Å²) >= 11 is 0. The van der Waals surface area contributed by atoms with Crippen LogP contribution in [0.15, 0.2) is 30.3 Å². The molecule has 1 saturated heterocycles. The van der Waals surface area contributed by atoms with Crippen molar-refractivity contribution in [1.82, 2.24) is 4.98 Å². The van der Waals surface area contributed by atoms with E-state index in [0.29, 0.717) is 6.42 Å². The highest BCUT2D eigenvalue weighted by molar-refractivity contribution is 5.54. The molecule has 1 aromatic carbocycles. The van der Waals surface area contributed by atoms with Gasteiger partial charge in [-0.2, -0.15) is 4.98 Å². The Kier molecular flexibility index (Phi) is 6.40. The molecule has 2 heterocycles. The Balaban J connectivity index is 1.72. The highest BCUT2D eigenvalue weighted by atomic mass is 16.6. The molecule has 3 rings (SSSR count). The molecule has 12 nitrogen and oxygen atoms in total. The molecule has 0 aliphatic carbocycles. The second-order valence-electron chi connectivity index (χ2n) is 6.72. The smallest absolute Gasteiger partial charge is 0.331 e. The summed E-state index contributed by atoms with van der Waals surface area (Å²) in [6, 6.07) is 7.06. The molecule has 12 heteroatoms. The highest BCUT2D eigenvalue weighted by Gasteiger charge is 2.37. The Morgan fingerprint density at radius 3 is 2.50 bits per heavy atom. The molecule has 160 valence electrons. The van der Waals surface area contributed by atoms with Gasteiger partial charge < -0.3 is 25.4 Å². The summed E-state index contributed by atoms with van der Waals surface area (Å²) < 4.78 is 10.9. The maximum Gasteiger partial charge on any atom is 0.331 e. The zero-order valence-electron chi connectivity index (χ0n) is 15.7. The highest BCUT2D eigenvalue weighted by Crippen LogP contribution is 2.39. The monoisotopic (exact) mass is 420 g/mol. The molecule has 0 saturated carbocycles. The number of nitrogens with two attached hydrogens (primary N) is 1. The first kappa shape index (κ1) is 21.4. The van der Waals surface area contributed by atoms with Crippen molar-refractivity contribution in [1.29, 1.82) is 0 Å². The van der Waals surface area contributed by atoms with Crippen molar-refractivity contribution in [3.63, 3.8) is 0 Å². The van der Waals surface area contributed by atoms with Gasteiger partial charge in [-0.3, -0.25) is 20.2 Å². The van der Waals surface area contributed by atoms with E-state index in [1.165, 1.54) is 18.2 Å². The molecular weight excluding hydrogens is 400 g/mol. The number of aromatic nitrogens is 1. The third kappa shape index (κ3) is 4.62. The number of benzene rings is 1. The number of pyridine rings is 1. The Labute approximate surface area is 170 Å². The summed E-state index contributed by atoms with van der Waals surface area (Å²) in [7, 11) is 0. The first-order valence-electron chi connectivity index (χ1n) is 9.05. The van der Waals surface area contributed by atoms with E-state index in [1.807, 2.05) is 0 Å². The lowest BCUT2D eigenvalue weighted by Gasteiger charge is -2.15. The van der Waals surface area contributed by atoms with Crippen LogP contribution in [0, 0.1) is 20.2 Å². The maximum absolute atomic E-state index is 11.5. The number of anilines is 1. The standard InChI is InChI=1S/C18H20N4O8/c19-17-12(15-8-14(24)16(9-23)30-15)7-13(22(27)28)18(20-17)29-6-5-10-1-3-11(4-2-10)21(25)26/h1-4,7,14-16,23-24H,5-6,8-9H2,(H2,19,20)/t14-,15+,16+/m0/s1. The minimum atomic E-state index is -0.920. The fourth-order valence-electron chi connectivity index (χ4n) is 3.15. The molecule has 30 heavy (non-hydrogen) atoms. The molecule has 0 radical (unpaired) electrons. The Hall–Kier alpha value is -3.35.